The van der Waals surface area contributed by atoms with Crippen LogP contribution in [0.25, 0.3) is 0 Å². The largest absolute Gasteiger partial charge is 0.495 e. The molecule has 0 amide bonds. The second-order valence-electron chi connectivity index (χ2n) is 7.36. The van der Waals surface area contributed by atoms with Gasteiger partial charge in [-0.05, 0) is 24.6 Å². The van der Waals surface area contributed by atoms with E-state index in [2.05, 4.69) is 26.2 Å². The quantitative estimate of drug-likeness (QED) is 0.297. The molecule has 3 rings (SSSR count). The topological polar surface area (TPSA) is 67.8 Å². The summed E-state index contributed by atoms with van der Waals surface area (Å²) in [7, 11) is 8.43. The maximum Gasteiger partial charge on any atom is 0.203 e. The number of anilines is 1. The van der Waals surface area contributed by atoms with Crippen LogP contribution in [0.2, 0.25) is 0 Å². The molecule has 0 radical (unpaired) electrons. The van der Waals surface area contributed by atoms with Crippen LogP contribution in [0, 0.1) is 0 Å². The van der Waals surface area contributed by atoms with Crippen molar-refractivity contribution < 1.29 is 18.9 Å². The predicted molar refractivity (Wildman–Crippen MR) is 143 cm³/mol. The Morgan fingerprint density at radius 2 is 1.52 bits per heavy atom. The molecule has 1 N–H and O–H groups in total. The maximum absolute atomic E-state index is 5.59. The van der Waals surface area contributed by atoms with Gasteiger partial charge in [-0.2, -0.15) is 0 Å². The Kier molecular flexibility index (Phi) is 10.7. The molecule has 0 unspecified atom stereocenters. The van der Waals surface area contributed by atoms with Gasteiger partial charge in [0.05, 0.1) is 34.1 Å². The minimum absolute atomic E-state index is 0. The molecular weight excluding hydrogens is 535 g/mol. The number of rotatable bonds is 8. The highest BCUT2D eigenvalue weighted by molar-refractivity contribution is 14.0. The van der Waals surface area contributed by atoms with Crippen molar-refractivity contribution in [2.24, 2.45) is 4.99 Å². The van der Waals surface area contributed by atoms with Gasteiger partial charge in [-0.15, -0.1) is 24.0 Å². The third kappa shape index (κ3) is 6.27. The van der Waals surface area contributed by atoms with E-state index in [4.69, 9.17) is 18.9 Å². The average Bonchev–Trinajstić information content (AvgIpc) is 2.86. The summed E-state index contributed by atoms with van der Waals surface area (Å²) in [6.45, 7) is 4.31. The van der Waals surface area contributed by atoms with Gasteiger partial charge < -0.3 is 34.1 Å². The van der Waals surface area contributed by atoms with Crippen molar-refractivity contribution in [2.75, 3.05) is 73.1 Å². The number of para-hydroxylation sites is 2. The summed E-state index contributed by atoms with van der Waals surface area (Å²) in [5.74, 6) is 3.79. The molecule has 0 saturated carbocycles. The van der Waals surface area contributed by atoms with Gasteiger partial charge in [0, 0.05) is 45.3 Å². The lowest BCUT2D eigenvalue weighted by Gasteiger charge is -2.38. The van der Waals surface area contributed by atoms with Crippen molar-refractivity contribution in [2.45, 2.75) is 6.42 Å². The van der Waals surface area contributed by atoms with Gasteiger partial charge in [-0.1, -0.05) is 18.2 Å². The number of methoxy groups -OCH3 is 4. The normalized spacial score (nSPS) is 13.8. The second kappa shape index (κ2) is 13.2. The number of nitrogens with one attached hydrogen (secondary N) is 1. The summed E-state index contributed by atoms with van der Waals surface area (Å²) < 4.78 is 22.0. The molecule has 0 aromatic heterocycles. The Hall–Kier alpha value is -2.56. The molecule has 0 aliphatic carbocycles. The molecule has 33 heavy (non-hydrogen) atoms. The molecular formula is C24H35IN4O4. The molecule has 1 fully saturated rings. The van der Waals surface area contributed by atoms with Crippen molar-refractivity contribution in [1.82, 2.24) is 10.2 Å². The lowest BCUT2D eigenvalue weighted by molar-refractivity contribution is 0.322. The highest BCUT2D eigenvalue weighted by atomic mass is 127. The van der Waals surface area contributed by atoms with Gasteiger partial charge in [-0.25, -0.2) is 0 Å². The Balaban J connectivity index is 0.00000385. The third-order valence-corrected chi connectivity index (χ3v) is 5.68. The highest BCUT2D eigenvalue weighted by Gasteiger charge is 2.22. The van der Waals surface area contributed by atoms with Crippen LogP contribution in [0.4, 0.5) is 5.69 Å². The van der Waals surface area contributed by atoms with Crippen molar-refractivity contribution in [1.29, 1.82) is 0 Å². The van der Waals surface area contributed by atoms with Gasteiger partial charge in [-0.3, -0.25) is 4.99 Å². The Morgan fingerprint density at radius 3 is 2.12 bits per heavy atom. The lowest BCUT2D eigenvalue weighted by atomic mass is 10.1. The standard InChI is InChI=1S/C24H34N4O4.HI/c1-25-24(26-13-12-18-10-11-21(30-3)23(32-5)22(18)31-4)28-16-14-27(15-17-28)19-8-6-7-9-20(19)29-2;/h6-11H,12-17H2,1-5H3,(H,25,26);1H. The summed E-state index contributed by atoms with van der Waals surface area (Å²) >= 11 is 0. The first kappa shape index (κ1) is 26.7. The molecule has 182 valence electrons. The number of benzene rings is 2. The van der Waals surface area contributed by atoms with E-state index in [0.717, 1.165) is 62.1 Å². The number of halogens is 1. The molecule has 8 nitrogen and oxygen atoms in total. The molecule has 1 aliphatic rings. The molecule has 0 atom stereocenters. The molecule has 1 heterocycles. The first-order valence-electron chi connectivity index (χ1n) is 10.8. The zero-order valence-electron chi connectivity index (χ0n) is 20.1. The molecule has 1 saturated heterocycles. The van der Waals surface area contributed by atoms with Crippen LogP contribution >= 0.6 is 24.0 Å². The summed E-state index contributed by atoms with van der Waals surface area (Å²) in [5, 5.41) is 3.49. The molecule has 1 aliphatic heterocycles. The van der Waals surface area contributed by atoms with E-state index in [9.17, 15) is 0 Å². The molecule has 2 aromatic rings. The van der Waals surface area contributed by atoms with Crippen LogP contribution in [0.3, 0.4) is 0 Å². The zero-order chi connectivity index (χ0) is 22.9. The fourth-order valence-electron chi connectivity index (χ4n) is 4.05. The smallest absolute Gasteiger partial charge is 0.203 e. The number of hydrogen-bond donors (Lipinski definition) is 1. The Bertz CT molecular complexity index is 917. The first-order valence-corrected chi connectivity index (χ1v) is 10.8. The molecule has 0 bridgehead atoms. The zero-order valence-corrected chi connectivity index (χ0v) is 22.4. The summed E-state index contributed by atoms with van der Waals surface area (Å²) in [4.78, 5) is 9.14. The van der Waals surface area contributed by atoms with Gasteiger partial charge in [0.1, 0.15) is 5.75 Å². The Morgan fingerprint density at radius 1 is 0.848 bits per heavy atom. The fourth-order valence-corrected chi connectivity index (χ4v) is 4.05. The van der Waals surface area contributed by atoms with Crippen LogP contribution in [-0.4, -0.2) is 79.1 Å². The van der Waals surface area contributed by atoms with E-state index in [0.29, 0.717) is 17.2 Å². The van der Waals surface area contributed by atoms with Gasteiger partial charge in [0.2, 0.25) is 5.75 Å². The van der Waals surface area contributed by atoms with Crippen LogP contribution in [0.5, 0.6) is 23.0 Å². The second-order valence-corrected chi connectivity index (χ2v) is 7.36. The SMILES string of the molecule is CN=C(NCCc1ccc(OC)c(OC)c1OC)N1CCN(c2ccccc2OC)CC1.I. The average molecular weight is 570 g/mol. The van der Waals surface area contributed by atoms with E-state index in [1.54, 1.807) is 28.4 Å². The number of guanidine groups is 1. The summed E-state index contributed by atoms with van der Waals surface area (Å²) in [6.07, 6.45) is 0.768. The molecule has 0 spiro atoms. The lowest BCUT2D eigenvalue weighted by Crippen LogP contribution is -2.52. The van der Waals surface area contributed by atoms with E-state index < -0.39 is 0 Å². The maximum atomic E-state index is 5.59. The molecule has 9 heteroatoms. The number of ether oxygens (including phenoxy) is 4. The van der Waals surface area contributed by atoms with Gasteiger partial charge >= 0.3 is 0 Å². The number of nitrogens with zero attached hydrogens (tertiary/aromatic N) is 3. The third-order valence-electron chi connectivity index (χ3n) is 5.68. The van der Waals surface area contributed by atoms with E-state index in [1.165, 1.54) is 0 Å². The first-order chi connectivity index (χ1) is 15.7. The summed E-state index contributed by atoms with van der Waals surface area (Å²) in [5.41, 5.74) is 2.19. The van der Waals surface area contributed by atoms with Crippen molar-refractivity contribution in [3.63, 3.8) is 0 Å². The van der Waals surface area contributed by atoms with Crippen molar-refractivity contribution in [3.8, 4) is 23.0 Å². The monoisotopic (exact) mass is 570 g/mol. The van der Waals surface area contributed by atoms with E-state index >= 15 is 0 Å². The molecule has 2 aromatic carbocycles. The van der Waals surface area contributed by atoms with Crippen molar-refractivity contribution >= 4 is 35.6 Å². The Labute approximate surface area is 213 Å². The predicted octanol–water partition coefficient (Wildman–Crippen LogP) is 3.28. The van der Waals surface area contributed by atoms with E-state index in [-0.39, 0.29) is 24.0 Å². The van der Waals surface area contributed by atoms with Gasteiger partial charge in [0.15, 0.2) is 17.5 Å². The minimum Gasteiger partial charge on any atom is -0.495 e. The number of piperazine rings is 1. The van der Waals surface area contributed by atoms with Gasteiger partial charge in [0.25, 0.3) is 0 Å². The van der Waals surface area contributed by atoms with E-state index in [1.807, 2.05) is 37.4 Å². The number of hydrogen-bond acceptors (Lipinski definition) is 6. The van der Waals surface area contributed by atoms with Crippen LogP contribution in [0.1, 0.15) is 5.56 Å². The highest BCUT2D eigenvalue weighted by Crippen LogP contribution is 2.39. The number of aliphatic imine (C=N–C) groups is 1. The van der Waals surface area contributed by atoms with Crippen LogP contribution in [-0.2, 0) is 6.42 Å². The summed E-state index contributed by atoms with van der Waals surface area (Å²) in [6, 6.07) is 12.1. The van der Waals surface area contributed by atoms with Crippen LogP contribution in [0.15, 0.2) is 41.4 Å². The van der Waals surface area contributed by atoms with Crippen LogP contribution < -0.4 is 29.2 Å². The minimum atomic E-state index is 0. The van der Waals surface area contributed by atoms with Crippen molar-refractivity contribution in [3.05, 3.63) is 42.0 Å². The fraction of sp³-hybridized carbons (Fsp3) is 0.458.